The predicted molar refractivity (Wildman–Crippen MR) is 87.4 cm³/mol. The average Bonchev–Trinajstić information content (AvgIpc) is 2.54. The first kappa shape index (κ1) is 13.8. The first-order valence-corrected chi connectivity index (χ1v) is 6.85. The predicted octanol–water partition coefficient (Wildman–Crippen LogP) is 3.78. The fraction of sp³-hybridized carbons (Fsp3) is 0. The lowest BCUT2D eigenvalue weighted by Gasteiger charge is -2.14. The summed E-state index contributed by atoms with van der Waals surface area (Å²) < 4.78 is 0. The zero-order chi connectivity index (χ0) is 15.4. The number of aliphatic hydroxyl groups excluding tert-OH is 1. The SMILES string of the molecule is O=C1C=C(O)C(Nc2ccccc2)=CC1=Nc1ccccc1. The van der Waals surface area contributed by atoms with Crippen LogP contribution in [0.4, 0.5) is 11.4 Å². The molecule has 0 heterocycles. The van der Waals surface area contributed by atoms with Crippen molar-refractivity contribution < 1.29 is 9.90 Å². The van der Waals surface area contributed by atoms with E-state index >= 15 is 0 Å². The minimum atomic E-state index is -0.319. The normalized spacial score (nSPS) is 16.2. The molecule has 1 aliphatic rings. The van der Waals surface area contributed by atoms with Gasteiger partial charge in [0.15, 0.2) is 0 Å². The van der Waals surface area contributed by atoms with E-state index in [2.05, 4.69) is 10.3 Å². The second kappa shape index (κ2) is 6.10. The molecule has 2 N–H and O–H groups in total. The van der Waals surface area contributed by atoms with Gasteiger partial charge in [-0.1, -0.05) is 36.4 Å². The van der Waals surface area contributed by atoms with Crippen LogP contribution in [0.15, 0.2) is 89.3 Å². The summed E-state index contributed by atoms with van der Waals surface area (Å²) in [5.74, 6) is -0.416. The fourth-order valence-electron chi connectivity index (χ4n) is 2.06. The Bertz CT molecular complexity index is 775. The van der Waals surface area contributed by atoms with Crippen LogP contribution in [0.2, 0.25) is 0 Å². The third-order valence-corrected chi connectivity index (χ3v) is 3.14. The van der Waals surface area contributed by atoms with Gasteiger partial charge in [-0.25, -0.2) is 4.99 Å². The highest BCUT2D eigenvalue weighted by Gasteiger charge is 2.18. The Morgan fingerprint density at radius 1 is 0.864 bits per heavy atom. The van der Waals surface area contributed by atoms with E-state index in [9.17, 15) is 9.90 Å². The fourth-order valence-corrected chi connectivity index (χ4v) is 2.06. The maximum Gasteiger partial charge on any atom is 0.208 e. The third kappa shape index (κ3) is 3.12. The number of hydrogen-bond donors (Lipinski definition) is 2. The Morgan fingerprint density at radius 3 is 2.18 bits per heavy atom. The van der Waals surface area contributed by atoms with E-state index in [1.54, 1.807) is 6.08 Å². The summed E-state index contributed by atoms with van der Waals surface area (Å²) in [7, 11) is 0. The maximum absolute atomic E-state index is 12.0. The number of allylic oxidation sites excluding steroid dienone is 2. The van der Waals surface area contributed by atoms with Gasteiger partial charge in [-0.3, -0.25) is 4.79 Å². The number of carbonyl (C=O) groups is 1. The van der Waals surface area contributed by atoms with Gasteiger partial charge in [0.05, 0.1) is 11.4 Å². The number of aliphatic imine (C=N–C) groups is 1. The van der Waals surface area contributed by atoms with Crippen molar-refractivity contribution in [1.82, 2.24) is 0 Å². The summed E-state index contributed by atoms with van der Waals surface area (Å²) >= 11 is 0. The summed E-state index contributed by atoms with van der Waals surface area (Å²) in [6, 6.07) is 18.6. The molecule has 3 rings (SSSR count). The van der Waals surface area contributed by atoms with Gasteiger partial charge in [0.2, 0.25) is 5.78 Å². The van der Waals surface area contributed by atoms with Crippen molar-refractivity contribution in [3.05, 3.63) is 84.3 Å². The Morgan fingerprint density at radius 2 is 1.50 bits per heavy atom. The number of ketones is 1. The number of anilines is 1. The molecular formula is C18H14N2O2. The monoisotopic (exact) mass is 290 g/mol. The maximum atomic E-state index is 12.0. The lowest BCUT2D eigenvalue weighted by molar-refractivity contribution is -0.109. The zero-order valence-electron chi connectivity index (χ0n) is 11.7. The number of benzene rings is 2. The zero-order valence-corrected chi connectivity index (χ0v) is 11.7. The van der Waals surface area contributed by atoms with Gasteiger partial charge in [0, 0.05) is 11.8 Å². The average molecular weight is 290 g/mol. The van der Waals surface area contributed by atoms with Crippen molar-refractivity contribution in [3.8, 4) is 0 Å². The van der Waals surface area contributed by atoms with E-state index in [4.69, 9.17) is 0 Å². The Kier molecular flexibility index (Phi) is 3.83. The molecule has 0 saturated heterocycles. The third-order valence-electron chi connectivity index (χ3n) is 3.14. The highest BCUT2D eigenvalue weighted by atomic mass is 16.3. The number of aliphatic hydroxyl groups is 1. The Labute approximate surface area is 128 Å². The molecular weight excluding hydrogens is 276 g/mol. The van der Waals surface area contributed by atoms with Crippen LogP contribution in [0.25, 0.3) is 0 Å². The van der Waals surface area contributed by atoms with E-state index < -0.39 is 0 Å². The van der Waals surface area contributed by atoms with Crippen molar-refractivity contribution >= 4 is 22.9 Å². The van der Waals surface area contributed by atoms with Crippen LogP contribution in [-0.4, -0.2) is 16.6 Å². The molecule has 0 unspecified atom stereocenters. The number of nitrogens with zero attached hydrogens (tertiary/aromatic N) is 1. The molecule has 0 radical (unpaired) electrons. The van der Waals surface area contributed by atoms with Crippen LogP contribution in [0.3, 0.4) is 0 Å². The van der Waals surface area contributed by atoms with Crippen LogP contribution in [-0.2, 0) is 4.79 Å². The molecule has 0 saturated carbocycles. The molecule has 4 heteroatoms. The van der Waals surface area contributed by atoms with E-state index in [1.165, 1.54) is 6.08 Å². The Hall–Kier alpha value is -3.14. The van der Waals surface area contributed by atoms with Crippen molar-refractivity contribution in [2.75, 3.05) is 5.32 Å². The minimum Gasteiger partial charge on any atom is -0.506 e. The van der Waals surface area contributed by atoms with Gasteiger partial charge >= 0.3 is 0 Å². The number of rotatable bonds is 3. The summed E-state index contributed by atoms with van der Waals surface area (Å²) in [6.07, 6.45) is 2.73. The van der Waals surface area contributed by atoms with Crippen LogP contribution in [0.5, 0.6) is 0 Å². The topological polar surface area (TPSA) is 61.7 Å². The van der Waals surface area contributed by atoms with Crippen LogP contribution in [0, 0.1) is 0 Å². The number of para-hydroxylation sites is 2. The molecule has 22 heavy (non-hydrogen) atoms. The molecule has 0 atom stereocenters. The van der Waals surface area contributed by atoms with Crippen molar-refractivity contribution in [2.24, 2.45) is 4.99 Å². The standard InChI is InChI=1S/C18H14N2O2/c21-17-12-18(22)16(20-14-9-5-2-6-10-14)11-15(17)19-13-7-3-1-4-8-13/h1-12,19,21H. The molecule has 0 aliphatic heterocycles. The van der Waals surface area contributed by atoms with Crippen LogP contribution < -0.4 is 5.32 Å². The van der Waals surface area contributed by atoms with Gasteiger partial charge in [0.25, 0.3) is 0 Å². The molecule has 1 aliphatic carbocycles. The van der Waals surface area contributed by atoms with Gasteiger partial charge in [0.1, 0.15) is 11.5 Å². The van der Waals surface area contributed by atoms with Crippen molar-refractivity contribution in [2.45, 2.75) is 0 Å². The summed E-state index contributed by atoms with van der Waals surface area (Å²) in [5, 5.41) is 13.0. The second-order valence-corrected chi connectivity index (χ2v) is 4.78. The van der Waals surface area contributed by atoms with Gasteiger partial charge in [-0.15, -0.1) is 0 Å². The first-order chi connectivity index (χ1) is 10.7. The molecule has 0 amide bonds. The summed E-state index contributed by atoms with van der Waals surface area (Å²) in [5.41, 5.74) is 2.24. The molecule has 0 spiro atoms. The number of hydrogen-bond acceptors (Lipinski definition) is 4. The highest BCUT2D eigenvalue weighted by molar-refractivity contribution is 6.49. The Balaban J connectivity index is 1.92. The number of carbonyl (C=O) groups excluding carboxylic acids is 1. The van der Waals surface area contributed by atoms with E-state index in [0.29, 0.717) is 11.4 Å². The van der Waals surface area contributed by atoms with E-state index in [-0.39, 0.29) is 17.3 Å². The highest BCUT2D eigenvalue weighted by Crippen LogP contribution is 2.19. The molecule has 4 nitrogen and oxygen atoms in total. The molecule has 0 aromatic heterocycles. The quantitative estimate of drug-likeness (QED) is 0.846. The van der Waals surface area contributed by atoms with Crippen LogP contribution in [0.1, 0.15) is 0 Å². The van der Waals surface area contributed by atoms with E-state index in [0.717, 1.165) is 5.69 Å². The van der Waals surface area contributed by atoms with Crippen LogP contribution >= 0.6 is 0 Å². The second-order valence-electron chi connectivity index (χ2n) is 4.78. The lowest BCUT2D eigenvalue weighted by Crippen LogP contribution is -2.18. The molecule has 2 aromatic carbocycles. The molecule has 0 bridgehead atoms. The van der Waals surface area contributed by atoms with Gasteiger partial charge in [-0.2, -0.15) is 0 Å². The minimum absolute atomic E-state index is 0.0964. The largest absolute Gasteiger partial charge is 0.506 e. The summed E-state index contributed by atoms with van der Waals surface area (Å²) in [4.78, 5) is 16.3. The first-order valence-electron chi connectivity index (χ1n) is 6.85. The molecule has 0 fully saturated rings. The number of nitrogens with one attached hydrogen (secondary N) is 1. The molecule has 2 aromatic rings. The van der Waals surface area contributed by atoms with Crippen molar-refractivity contribution in [1.29, 1.82) is 0 Å². The smallest absolute Gasteiger partial charge is 0.208 e. The summed E-state index contributed by atoms with van der Waals surface area (Å²) in [6.45, 7) is 0. The van der Waals surface area contributed by atoms with Gasteiger partial charge in [-0.05, 0) is 30.3 Å². The van der Waals surface area contributed by atoms with Crippen molar-refractivity contribution in [3.63, 3.8) is 0 Å². The van der Waals surface area contributed by atoms with E-state index in [1.807, 2.05) is 60.7 Å². The lowest BCUT2D eigenvalue weighted by atomic mass is 10.1. The van der Waals surface area contributed by atoms with Gasteiger partial charge < -0.3 is 10.4 Å². The molecule has 108 valence electrons.